The number of pyridine rings is 1. The van der Waals surface area contributed by atoms with E-state index in [9.17, 15) is 4.79 Å². The van der Waals surface area contributed by atoms with E-state index < -0.39 is 0 Å². The Morgan fingerprint density at radius 3 is 2.65 bits per heavy atom. The van der Waals surface area contributed by atoms with E-state index in [2.05, 4.69) is 30.5 Å². The minimum atomic E-state index is -0.150. The van der Waals surface area contributed by atoms with Crippen LogP contribution in [0.4, 0.5) is 5.95 Å². The fourth-order valence-electron chi connectivity index (χ4n) is 1.92. The number of rotatable bonds is 8. The Labute approximate surface area is 136 Å². The zero-order valence-electron chi connectivity index (χ0n) is 13.5. The van der Waals surface area contributed by atoms with Gasteiger partial charge in [-0.2, -0.15) is 0 Å². The molecule has 0 saturated carbocycles. The Kier molecular flexibility index (Phi) is 6.43. The molecule has 0 spiro atoms. The van der Waals surface area contributed by atoms with Crippen LogP contribution in [0.15, 0.2) is 36.9 Å². The molecule has 0 atom stereocenters. The third-order valence-corrected chi connectivity index (χ3v) is 3.16. The molecule has 2 aromatic rings. The zero-order chi connectivity index (χ0) is 16.5. The van der Waals surface area contributed by atoms with Crippen LogP contribution >= 0.6 is 0 Å². The standard InChI is InChI=1S/C16H22N6O/c1-22(2)8-4-7-18-15(23)14-11-20-16(21-12-14)19-10-13-5-3-6-17-9-13/h3,5-6,9,11-12H,4,7-8,10H2,1-2H3,(H,18,23)(H,19,20,21). The van der Waals surface area contributed by atoms with Crippen LogP contribution in [0.3, 0.4) is 0 Å². The van der Waals surface area contributed by atoms with Gasteiger partial charge in [-0.15, -0.1) is 0 Å². The van der Waals surface area contributed by atoms with E-state index in [1.54, 1.807) is 12.4 Å². The van der Waals surface area contributed by atoms with Gasteiger partial charge in [0.1, 0.15) is 0 Å². The van der Waals surface area contributed by atoms with Crippen LogP contribution in [0, 0.1) is 0 Å². The van der Waals surface area contributed by atoms with Crippen molar-refractivity contribution in [2.24, 2.45) is 0 Å². The van der Waals surface area contributed by atoms with Crippen LogP contribution in [0.25, 0.3) is 0 Å². The number of nitrogens with zero attached hydrogens (tertiary/aromatic N) is 4. The second-order valence-corrected chi connectivity index (χ2v) is 5.42. The summed E-state index contributed by atoms with van der Waals surface area (Å²) in [7, 11) is 4.01. The second-order valence-electron chi connectivity index (χ2n) is 5.42. The molecule has 2 heterocycles. The van der Waals surface area contributed by atoms with E-state index in [0.717, 1.165) is 18.5 Å². The predicted octanol–water partition coefficient (Wildman–Crippen LogP) is 1.17. The average Bonchev–Trinajstić information content (AvgIpc) is 2.58. The van der Waals surface area contributed by atoms with Crippen LogP contribution in [-0.2, 0) is 6.54 Å². The third kappa shape index (κ3) is 5.99. The average molecular weight is 314 g/mol. The number of hydrogen-bond acceptors (Lipinski definition) is 6. The lowest BCUT2D eigenvalue weighted by atomic mass is 10.3. The molecule has 7 heteroatoms. The van der Waals surface area contributed by atoms with Crippen LogP contribution < -0.4 is 10.6 Å². The minimum Gasteiger partial charge on any atom is -0.352 e. The van der Waals surface area contributed by atoms with E-state index in [0.29, 0.717) is 24.6 Å². The Bertz CT molecular complexity index is 600. The van der Waals surface area contributed by atoms with Gasteiger partial charge in [0, 0.05) is 37.9 Å². The molecular formula is C16H22N6O. The van der Waals surface area contributed by atoms with Gasteiger partial charge in [0.2, 0.25) is 5.95 Å². The monoisotopic (exact) mass is 314 g/mol. The molecule has 0 bridgehead atoms. The topological polar surface area (TPSA) is 83.0 Å². The maximum absolute atomic E-state index is 11.9. The number of aromatic nitrogens is 3. The van der Waals surface area contributed by atoms with Gasteiger partial charge in [0.05, 0.1) is 5.56 Å². The molecule has 2 aromatic heterocycles. The first-order chi connectivity index (χ1) is 11.1. The molecule has 0 saturated heterocycles. The molecule has 2 N–H and O–H groups in total. The number of amides is 1. The molecule has 0 unspecified atom stereocenters. The van der Waals surface area contributed by atoms with Crippen LogP contribution in [0.5, 0.6) is 0 Å². The Morgan fingerprint density at radius 1 is 1.22 bits per heavy atom. The van der Waals surface area contributed by atoms with Crippen molar-refractivity contribution >= 4 is 11.9 Å². The summed E-state index contributed by atoms with van der Waals surface area (Å²) < 4.78 is 0. The lowest BCUT2D eigenvalue weighted by Gasteiger charge is -2.10. The lowest BCUT2D eigenvalue weighted by molar-refractivity contribution is 0.0951. The highest BCUT2D eigenvalue weighted by Crippen LogP contribution is 2.03. The van der Waals surface area contributed by atoms with E-state index in [1.807, 2.05) is 26.2 Å². The summed E-state index contributed by atoms with van der Waals surface area (Å²) in [5, 5.41) is 5.95. The number of hydrogen-bond donors (Lipinski definition) is 2. The molecule has 1 amide bonds. The van der Waals surface area contributed by atoms with Crippen molar-refractivity contribution in [1.29, 1.82) is 0 Å². The summed E-state index contributed by atoms with van der Waals surface area (Å²) in [6, 6.07) is 3.84. The van der Waals surface area contributed by atoms with E-state index in [1.165, 1.54) is 12.4 Å². The normalized spacial score (nSPS) is 10.6. The molecule has 23 heavy (non-hydrogen) atoms. The first kappa shape index (κ1) is 16.8. The van der Waals surface area contributed by atoms with E-state index in [-0.39, 0.29) is 5.91 Å². The Balaban J connectivity index is 1.78. The van der Waals surface area contributed by atoms with E-state index >= 15 is 0 Å². The van der Waals surface area contributed by atoms with Gasteiger partial charge in [0.25, 0.3) is 5.91 Å². The molecule has 0 aliphatic carbocycles. The van der Waals surface area contributed by atoms with Crippen molar-refractivity contribution in [1.82, 2.24) is 25.2 Å². The van der Waals surface area contributed by atoms with Crippen molar-refractivity contribution in [3.05, 3.63) is 48.0 Å². The lowest BCUT2D eigenvalue weighted by Crippen LogP contribution is -2.27. The van der Waals surface area contributed by atoms with Crippen molar-refractivity contribution in [2.75, 3.05) is 32.5 Å². The number of anilines is 1. The highest BCUT2D eigenvalue weighted by Gasteiger charge is 2.06. The molecule has 0 aliphatic rings. The maximum Gasteiger partial charge on any atom is 0.254 e. The predicted molar refractivity (Wildman–Crippen MR) is 89.1 cm³/mol. The SMILES string of the molecule is CN(C)CCCNC(=O)c1cnc(NCc2cccnc2)nc1. The van der Waals surface area contributed by atoms with Crippen molar-refractivity contribution in [3.8, 4) is 0 Å². The fourth-order valence-corrected chi connectivity index (χ4v) is 1.92. The van der Waals surface area contributed by atoms with Crippen LogP contribution in [0.2, 0.25) is 0 Å². The van der Waals surface area contributed by atoms with E-state index in [4.69, 9.17) is 0 Å². The largest absolute Gasteiger partial charge is 0.352 e. The molecule has 0 radical (unpaired) electrons. The van der Waals surface area contributed by atoms with Crippen LogP contribution in [0.1, 0.15) is 22.3 Å². The van der Waals surface area contributed by atoms with Crippen LogP contribution in [-0.4, -0.2) is 52.9 Å². The fraction of sp³-hybridized carbons (Fsp3) is 0.375. The molecule has 2 rings (SSSR count). The second kappa shape index (κ2) is 8.79. The first-order valence-corrected chi connectivity index (χ1v) is 7.53. The van der Waals surface area contributed by atoms with Gasteiger partial charge in [-0.1, -0.05) is 6.07 Å². The highest BCUT2D eigenvalue weighted by atomic mass is 16.1. The minimum absolute atomic E-state index is 0.150. The molecule has 7 nitrogen and oxygen atoms in total. The van der Waals surface area contributed by atoms with Gasteiger partial charge in [-0.3, -0.25) is 9.78 Å². The Morgan fingerprint density at radius 2 is 2.00 bits per heavy atom. The quantitative estimate of drug-likeness (QED) is 0.712. The smallest absolute Gasteiger partial charge is 0.254 e. The van der Waals surface area contributed by atoms with Crippen molar-refractivity contribution < 1.29 is 4.79 Å². The van der Waals surface area contributed by atoms with Crippen molar-refractivity contribution in [3.63, 3.8) is 0 Å². The highest BCUT2D eigenvalue weighted by molar-refractivity contribution is 5.93. The third-order valence-electron chi connectivity index (χ3n) is 3.16. The molecule has 0 fully saturated rings. The molecular weight excluding hydrogens is 292 g/mol. The Hall–Kier alpha value is -2.54. The summed E-state index contributed by atoms with van der Waals surface area (Å²) >= 11 is 0. The van der Waals surface area contributed by atoms with Gasteiger partial charge in [0.15, 0.2) is 0 Å². The van der Waals surface area contributed by atoms with Gasteiger partial charge >= 0.3 is 0 Å². The van der Waals surface area contributed by atoms with Crippen molar-refractivity contribution in [2.45, 2.75) is 13.0 Å². The summed E-state index contributed by atoms with van der Waals surface area (Å²) in [4.78, 5) is 26.4. The number of nitrogens with one attached hydrogen (secondary N) is 2. The molecule has 0 aliphatic heterocycles. The van der Waals surface area contributed by atoms with Gasteiger partial charge in [-0.05, 0) is 38.7 Å². The maximum atomic E-state index is 11.9. The van der Waals surface area contributed by atoms with Gasteiger partial charge in [-0.25, -0.2) is 9.97 Å². The van der Waals surface area contributed by atoms with Gasteiger partial charge < -0.3 is 15.5 Å². The number of carbonyl (C=O) groups excluding carboxylic acids is 1. The zero-order valence-corrected chi connectivity index (χ0v) is 13.5. The molecule has 122 valence electrons. The molecule has 0 aromatic carbocycles. The summed E-state index contributed by atoms with van der Waals surface area (Å²) in [6.07, 6.45) is 7.47. The summed E-state index contributed by atoms with van der Waals surface area (Å²) in [5.74, 6) is 0.334. The number of carbonyl (C=O) groups is 1. The first-order valence-electron chi connectivity index (χ1n) is 7.53. The summed E-state index contributed by atoms with van der Waals surface area (Å²) in [5.41, 5.74) is 1.50. The summed E-state index contributed by atoms with van der Waals surface area (Å²) in [6.45, 7) is 2.16.